The molecule has 8 heteroatoms. The number of halogens is 1. The number of carbonyl (C=O) groups is 1. The zero-order chi connectivity index (χ0) is 20.1. The maximum Gasteiger partial charge on any atom is 0.282 e. The van der Waals surface area contributed by atoms with E-state index in [-0.39, 0.29) is 19.0 Å². The van der Waals surface area contributed by atoms with Crippen molar-refractivity contribution in [2.45, 2.75) is 26.4 Å². The molecule has 0 radical (unpaired) electrons. The van der Waals surface area contributed by atoms with Crippen LogP contribution in [0.3, 0.4) is 0 Å². The molecule has 0 aliphatic carbocycles. The minimum atomic E-state index is -3.68. The van der Waals surface area contributed by atoms with Gasteiger partial charge in [-0.3, -0.25) is 4.79 Å². The van der Waals surface area contributed by atoms with Crippen molar-refractivity contribution in [2.24, 2.45) is 0 Å². The van der Waals surface area contributed by atoms with Crippen LogP contribution in [0, 0.1) is 6.92 Å². The highest BCUT2D eigenvalue weighted by molar-refractivity contribution is 7.86. The predicted molar refractivity (Wildman–Crippen MR) is 110 cm³/mol. The lowest BCUT2D eigenvalue weighted by Gasteiger charge is -2.34. The number of amides is 1. The molecule has 1 amide bonds. The Morgan fingerprint density at radius 3 is 2.46 bits per heavy atom. The van der Waals surface area contributed by atoms with E-state index in [0.29, 0.717) is 31.1 Å². The van der Waals surface area contributed by atoms with Gasteiger partial charge in [0.1, 0.15) is 0 Å². The molecular weight excluding hydrogens is 398 g/mol. The van der Waals surface area contributed by atoms with Gasteiger partial charge in [-0.15, -0.1) is 0 Å². The van der Waals surface area contributed by atoms with Gasteiger partial charge >= 0.3 is 0 Å². The normalized spacial score (nSPS) is 17.4. The van der Waals surface area contributed by atoms with Crippen LogP contribution in [-0.4, -0.2) is 42.6 Å². The summed E-state index contributed by atoms with van der Waals surface area (Å²) in [6.07, 6.45) is 0.683. The van der Waals surface area contributed by atoms with E-state index in [1.165, 1.54) is 8.61 Å². The molecule has 0 saturated carbocycles. The SMILES string of the molecule is Cc1ccc(CN2CCCN(CC(=O)NCc3ccccc3Cl)S2(=O)=O)cc1. The van der Waals surface area contributed by atoms with E-state index in [1.807, 2.05) is 49.4 Å². The lowest BCUT2D eigenvalue weighted by Crippen LogP contribution is -2.52. The zero-order valence-electron chi connectivity index (χ0n) is 15.8. The number of aryl methyl sites for hydroxylation is 1. The van der Waals surface area contributed by atoms with Crippen molar-refractivity contribution in [3.63, 3.8) is 0 Å². The zero-order valence-corrected chi connectivity index (χ0v) is 17.3. The molecule has 0 unspecified atom stereocenters. The van der Waals surface area contributed by atoms with Gasteiger partial charge in [0.15, 0.2) is 0 Å². The van der Waals surface area contributed by atoms with Crippen molar-refractivity contribution in [2.75, 3.05) is 19.6 Å². The Morgan fingerprint density at radius 2 is 1.75 bits per heavy atom. The van der Waals surface area contributed by atoms with Gasteiger partial charge in [-0.2, -0.15) is 17.0 Å². The molecular formula is C20H24ClN3O3S. The average molecular weight is 422 g/mol. The van der Waals surface area contributed by atoms with Crippen LogP contribution in [-0.2, 0) is 28.1 Å². The van der Waals surface area contributed by atoms with Crippen LogP contribution in [0.15, 0.2) is 48.5 Å². The highest BCUT2D eigenvalue weighted by atomic mass is 35.5. The van der Waals surface area contributed by atoms with E-state index in [4.69, 9.17) is 11.6 Å². The second-order valence-electron chi connectivity index (χ2n) is 6.88. The summed E-state index contributed by atoms with van der Waals surface area (Å²) >= 11 is 6.09. The Kier molecular flexibility index (Phi) is 6.72. The predicted octanol–water partition coefficient (Wildman–Crippen LogP) is 2.72. The number of nitrogens with one attached hydrogen (secondary N) is 1. The Balaban J connectivity index is 1.60. The first-order chi connectivity index (χ1) is 13.4. The van der Waals surface area contributed by atoms with Crippen molar-refractivity contribution >= 4 is 27.7 Å². The minimum absolute atomic E-state index is 0.197. The third-order valence-electron chi connectivity index (χ3n) is 4.70. The molecule has 2 aromatic carbocycles. The highest BCUT2D eigenvalue weighted by Crippen LogP contribution is 2.19. The molecule has 1 fully saturated rings. The van der Waals surface area contributed by atoms with Crippen LogP contribution in [0.5, 0.6) is 0 Å². The number of benzene rings is 2. The summed E-state index contributed by atoms with van der Waals surface area (Å²) in [5, 5.41) is 3.31. The van der Waals surface area contributed by atoms with Gasteiger partial charge in [-0.1, -0.05) is 59.6 Å². The van der Waals surface area contributed by atoms with Gasteiger partial charge in [-0.25, -0.2) is 0 Å². The highest BCUT2D eigenvalue weighted by Gasteiger charge is 2.34. The number of hydrogen-bond donors (Lipinski definition) is 1. The summed E-state index contributed by atoms with van der Waals surface area (Å²) < 4.78 is 28.5. The first-order valence-corrected chi connectivity index (χ1v) is 10.9. The summed E-state index contributed by atoms with van der Waals surface area (Å²) in [6.45, 7) is 3.15. The maximum atomic E-state index is 12.9. The van der Waals surface area contributed by atoms with Gasteiger partial charge in [0.05, 0.1) is 6.54 Å². The van der Waals surface area contributed by atoms with Crippen LogP contribution in [0.1, 0.15) is 23.1 Å². The molecule has 28 heavy (non-hydrogen) atoms. The summed E-state index contributed by atoms with van der Waals surface area (Å²) in [5.74, 6) is -0.347. The topological polar surface area (TPSA) is 69.7 Å². The van der Waals surface area contributed by atoms with Crippen molar-refractivity contribution < 1.29 is 13.2 Å². The van der Waals surface area contributed by atoms with Gasteiger partial charge in [0, 0.05) is 31.2 Å². The van der Waals surface area contributed by atoms with Crippen molar-refractivity contribution in [1.29, 1.82) is 0 Å². The number of nitrogens with zero attached hydrogens (tertiary/aromatic N) is 2. The van der Waals surface area contributed by atoms with E-state index in [2.05, 4.69) is 5.32 Å². The molecule has 150 valence electrons. The third-order valence-corrected chi connectivity index (χ3v) is 7.00. The third kappa shape index (κ3) is 5.11. The summed E-state index contributed by atoms with van der Waals surface area (Å²) in [6, 6.07) is 15.0. The molecule has 1 heterocycles. The molecule has 1 aliphatic rings. The fourth-order valence-corrected chi connectivity index (χ4v) is 4.93. The van der Waals surface area contributed by atoms with Gasteiger partial charge in [0.2, 0.25) is 5.91 Å². The lowest BCUT2D eigenvalue weighted by molar-refractivity contribution is -0.121. The number of carbonyl (C=O) groups excluding carboxylic acids is 1. The number of hydrogen-bond acceptors (Lipinski definition) is 3. The molecule has 0 aromatic heterocycles. The first kappa shape index (κ1) is 20.8. The van der Waals surface area contributed by atoms with E-state index >= 15 is 0 Å². The average Bonchev–Trinajstić information content (AvgIpc) is 2.66. The van der Waals surface area contributed by atoms with Crippen LogP contribution >= 0.6 is 11.6 Å². The minimum Gasteiger partial charge on any atom is -0.351 e. The quantitative estimate of drug-likeness (QED) is 0.779. The summed E-state index contributed by atoms with van der Waals surface area (Å²) in [7, 11) is -3.68. The Labute approximate surface area is 171 Å². The lowest BCUT2D eigenvalue weighted by atomic mass is 10.1. The first-order valence-electron chi connectivity index (χ1n) is 9.17. The van der Waals surface area contributed by atoms with E-state index < -0.39 is 10.2 Å². The van der Waals surface area contributed by atoms with Crippen molar-refractivity contribution in [1.82, 2.24) is 13.9 Å². The smallest absolute Gasteiger partial charge is 0.282 e. The molecule has 0 atom stereocenters. The van der Waals surface area contributed by atoms with E-state index in [0.717, 1.165) is 16.7 Å². The fourth-order valence-electron chi connectivity index (χ4n) is 3.09. The Morgan fingerprint density at radius 1 is 1.07 bits per heavy atom. The molecule has 2 aromatic rings. The van der Waals surface area contributed by atoms with Gasteiger partial charge in [0.25, 0.3) is 10.2 Å². The maximum absolute atomic E-state index is 12.9. The molecule has 0 spiro atoms. The van der Waals surface area contributed by atoms with Crippen molar-refractivity contribution in [3.8, 4) is 0 Å². The van der Waals surface area contributed by atoms with Gasteiger partial charge < -0.3 is 5.32 Å². The van der Waals surface area contributed by atoms with Crippen LogP contribution in [0.25, 0.3) is 0 Å². The second-order valence-corrected chi connectivity index (χ2v) is 9.22. The van der Waals surface area contributed by atoms with Gasteiger partial charge in [-0.05, 0) is 30.5 Å². The van der Waals surface area contributed by atoms with Crippen molar-refractivity contribution in [3.05, 3.63) is 70.2 Å². The molecule has 6 nitrogen and oxygen atoms in total. The second kappa shape index (κ2) is 9.05. The van der Waals surface area contributed by atoms with Crippen LogP contribution < -0.4 is 5.32 Å². The Bertz CT molecular complexity index is 932. The van der Waals surface area contributed by atoms with E-state index in [9.17, 15) is 13.2 Å². The van der Waals surface area contributed by atoms with Crippen LogP contribution in [0.2, 0.25) is 5.02 Å². The molecule has 1 N–H and O–H groups in total. The molecule has 1 aliphatic heterocycles. The largest absolute Gasteiger partial charge is 0.351 e. The molecule has 1 saturated heterocycles. The summed E-state index contributed by atoms with van der Waals surface area (Å²) in [4.78, 5) is 12.3. The fraction of sp³-hybridized carbons (Fsp3) is 0.350. The van der Waals surface area contributed by atoms with E-state index in [1.54, 1.807) is 6.07 Å². The van der Waals surface area contributed by atoms with Crippen LogP contribution in [0.4, 0.5) is 0 Å². The standard InChI is InChI=1S/C20H24ClN3O3S/c1-16-7-9-17(10-8-16)14-23-11-4-12-24(28(23,26)27)15-20(25)22-13-18-5-2-3-6-19(18)21/h2-3,5-10H,4,11-15H2,1H3,(H,22,25). The molecule has 3 rings (SSSR count). The Hall–Kier alpha value is -1.93. The monoisotopic (exact) mass is 421 g/mol. The summed E-state index contributed by atoms with van der Waals surface area (Å²) in [5.41, 5.74) is 2.85. The number of rotatable bonds is 6. The molecule has 0 bridgehead atoms.